The van der Waals surface area contributed by atoms with E-state index < -0.39 is 0 Å². The first kappa shape index (κ1) is 14.2. The minimum Gasteiger partial charge on any atom is -0.211 e. The molecule has 0 spiro atoms. The van der Waals surface area contributed by atoms with Crippen LogP contribution in [0.5, 0.6) is 0 Å². The molecule has 0 amide bonds. The average Bonchev–Trinajstić information content (AvgIpc) is 2.93. The van der Waals surface area contributed by atoms with Crippen LogP contribution in [0.15, 0.2) is 83.3 Å². The Hall–Kier alpha value is -2.79. The standard InChI is InChI=1S/C17H14N4S/c22-17-20(18-13-15-7-3-1-4-8-15)11-12-21(17)19-14-16-9-5-2-6-10-16/h1-14H/b18-13+,19-14+. The van der Waals surface area contributed by atoms with Gasteiger partial charge >= 0.3 is 0 Å². The molecule has 0 N–H and O–H groups in total. The van der Waals surface area contributed by atoms with Crippen LogP contribution >= 0.6 is 12.2 Å². The van der Waals surface area contributed by atoms with Crippen molar-refractivity contribution in [2.75, 3.05) is 0 Å². The van der Waals surface area contributed by atoms with Gasteiger partial charge in [0.25, 0.3) is 0 Å². The number of rotatable bonds is 4. The van der Waals surface area contributed by atoms with E-state index in [4.69, 9.17) is 12.2 Å². The molecule has 0 unspecified atom stereocenters. The Balaban J connectivity index is 1.79. The lowest BCUT2D eigenvalue weighted by molar-refractivity contribution is 0.785. The van der Waals surface area contributed by atoms with Crippen LogP contribution in [0.1, 0.15) is 11.1 Å². The molecule has 0 saturated heterocycles. The molecule has 0 atom stereocenters. The summed E-state index contributed by atoms with van der Waals surface area (Å²) in [6.07, 6.45) is 7.09. The van der Waals surface area contributed by atoms with Crippen LogP contribution in [0.25, 0.3) is 0 Å². The van der Waals surface area contributed by atoms with Crippen molar-refractivity contribution in [2.24, 2.45) is 10.2 Å². The Morgan fingerprint density at radius 2 is 1.09 bits per heavy atom. The third-order valence-electron chi connectivity index (χ3n) is 3.00. The molecular formula is C17H14N4S. The summed E-state index contributed by atoms with van der Waals surface area (Å²) in [5, 5.41) is 8.69. The Labute approximate surface area is 133 Å². The molecule has 0 radical (unpaired) electrons. The monoisotopic (exact) mass is 306 g/mol. The second-order valence-corrected chi connectivity index (χ2v) is 4.95. The van der Waals surface area contributed by atoms with Crippen molar-refractivity contribution < 1.29 is 0 Å². The summed E-state index contributed by atoms with van der Waals surface area (Å²) >= 11 is 5.35. The van der Waals surface area contributed by atoms with Crippen LogP contribution in [-0.4, -0.2) is 21.8 Å². The highest BCUT2D eigenvalue weighted by Crippen LogP contribution is 2.00. The average molecular weight is 306 g/mol. The van der Waals surface area contributed by atoms with Crippen molar-refractivity contribution in [1.82, 2.24) is 9.35 Å². The lowest BCUT2D eigenvalue weighted by Crippen LogP contribution is -1.93. The molecule has 4 nitrogen and oxygen atoms in total. The molecule has 1 heterocycles. The van der Waals surface area contributed by atoms with Crippen LogP contribution in [0.2, 0.25) is 0 Å². The van der Waals surface area contributed by atoms with E-state index in [1.165, 1.54) is 0 Å². The fourth-order valence-corrected chi connectivity index (χ4v) is 2.09. The highest BCUT2D eigenvalue weighted by molar-refractivity contribution is 7.71. The Bertz CT molecular complexity index is 775. The van der Waals surface area contributed by atoms with Crippen molar-refractivity contribution in [3.05, 3.63) is 89.0 Å². The van der Waals surface area contributed by atoms with Crippen LogP contribution in [0, 0.1) is 4.77 Å². The molecule has 2 aromatic carbocycles. The zero-order valence-corrected chi connectivity index (χ0v) is 12.6. The van der Waals surface area contributed by atoms with E-state index in [0.717, 1.165) is 11.1 Å². The molecule has 0 aliphatic carbocycles. The van der Waals surface area contributed by atoms with Crippen LogP contribution < -0.4 is 0 Å². The maximum Gasteiger partial charge on any atom is 0.221 e. The van der Waals surface area contributed by atoms with Gasteiger partial charge in [-0.15, -0.1) is 0 Å². The van der Waals surface area contributed by atoms with Crippen molar-refractivity contribution in [2.45, 2.75) is 0 Å². The van der Waals surface area contributed by atoms with E-state index in [2.05, 4.69) is 10.2 Å². The molecule has 5 heteroatoms. The first-order chi connectivity index (χ1) is 10.8. The van der Waals surface area contributed by atoms with Gasteiger partial charge in [-0.25, -0.2) is 9.35 Å². The molecule has 22 heavy (non-hydrogen) atoms. The molecule has 0 saturated carbocycles. The molecule has 0 aliphatic heterocycles. The number of hydrogen-bond donors (Lipinski definition) is 0. The summed E-state index contributed by atoms with van der Waals surface area (Å²) in [6.45, 7) is 0. The van der Waals surface area contributed by atoms with Gasteiger partial charge in [0.2, 0.25) is 4.77 Å². The van der Waals surface area contributed by atoms with Crippen LogP contribution in [-0.2, 0) is 0 Å². The van der Waals surface area contributed by atoms with Crippen molar-refractivity contribution in [3.63, 3.8) is 0 Å². The topological polar surface area (TPSA) is 34.6 Å². The minimum atomic E-state index is 0.513. The van der Waals surface area contributed by atoms with E-state index >= 15 is 0 Å². The number of aromatic nitrogens is 2. The molecule has 108 valence electrons. The summed E-state index contributed by atoms with van der Waals surface area (Å²) in [4.78, 5) is 0. The van der Waals surface area contributed by atoms with E-state index in [9.17, 15) is 0 Å². The summed E-state index contributed by atoms with van der Waals surface area (Å²) in [5.41, 5.74) is 2.04. The number of hydrogen-bond acceptors (Lipinski definition) is 3. The summed E-state index contributed by atoms with van der Waals surface area (Å²) in [6, 6.07) is 19.7. The molecule has 0 fully saturated rings. The molecule has 0 bridgehead atoms. The molecular weight excluding hydrogens is 292 g/mol. The molecule has 3 aromatic rings. The highest BCUT2D eigenvalue weighted by atomic mass is 32.1. The van der Waals surface area contributed by atoms with Gasteiger partial charge in [-0.05, 0) is 23.3 Å². The first-order valence-corrected chi connectivity index (χ1v) is 7.22. The SMILES string of the molecule is S=c1n(/N=C/c2ccccc2)ccn1/N=C/c1ccccc1. The number of nitrogens with zero attached hydrogens (tertiary/aromatic N) is 4. The second kappa shape index (κ2) is 6.78. The first-order valence-electron chi connectivity index (χ1n) is 6.82. The highest BCUT2D eigenvalue weighted by Gasteiger charge is 1.96. The maximum absolute atomic E-state index is 5.35. The zero-order valence-electron chi connectivity index (χ0n) is 11.8. The smallest absolute Gasteiger partial charge is 0.211 e. The lowest BCUT2D eigenvalue weighted by atomic mass is 10.2. The van der Waals surface area contributed by atoms with E-state index in [1.807, 2.05) is 60.7 Å². The fraction of sp³-hybridized carbons (Fsp3) is 0. The number of benzene rings is 2. The predicted octanol–water partition coefficient (Wildman–Crippen LogP) is 3.78. The normalized spacial score (nSPS) is 11.5. The largest absolute Gasteiger partial charge is 0.221 e. The van der Waals surface area contributed by atoms with Gasteiger partial charge in [-0.1, -0.05) is 60.7 Å². The van der Waals surface area contributed by atoms with Crippen molar-refractivity contribution in [1.29, 1.82) is 0 Å². The summed E-state index contributed by atoms with van der Waals surface area (Å²) in [5.74, 6) is 0. The zero-order chi connectivity index (χ0) is 15.2. The van der Waals surface area contributed by atoms with E-state index in [0.29, 0.717) is 4.77 Å². The predicted molar refractivity (Wildman–Crippen MR) is 92.1 cm³/mol. The van der Waals surface area contributed by atoms with Gasteiger partial charge in [-0.2, -0.15) is 10.2 Å². The van der Waals surface area contributed by atoms with Gasteiger partial charge in [0, 0.05) is 0 Å². The van der Waals surface area contributed by atoms with Crippen LogP contribution in [0.3, 0.4) is 0 Å². The van der Waals surface area contributed by atoms with E-state index in [-0.39, 0.29) is 0 Å². The summed E-state index contributed by atoms with van der Waals surface area (Å²) < 4.78 is 3.74. The Morgan fingerprint density at radius 3 is 1.50 bits per heavy atom. The Kier molecular flexibility index (Phi) is 4.36. The fourth-order valence-electron chi connectivity index (χ4n) is 1.87. The van der Waals surface area contributed by atoms with Crippen molar-refractivity contribution in [3.8, 4) is 0 Å². The van der Waals surface area contributed by atoms with Gasteiger partial charge in [-0.3, -0.25) is 0 Å². The second-order valence-electron chi connectivity index (χ2n) is 4.58. The van der Waals surface area contributed by atoms with Gasteiger partial charge < -0.3 is 0 Å². The lowest BCUT2D eigenvalue weighted by Gasteiger charge is -1.95. The van der Waals surface area contributed by atoms with Gasteiger partial charge in [0.15, 0.2) is 0 Å². The minimum absolute atomic E-state index is 0.513. The van der Waals surface area contributed by atoms with E-state index in [1.54, 1.807) is 34.2 Å². The van der Waals surface area contributed by atoms with Gasteiger partial charge in [0.1, 0.15) is 0 Å². The molecule has 0 aliphatic rings. The van der Waals surface area contributed by atoms with Crippen molar-refractivity contribution >= 4 is 24.6 Å². The quantitative estimate of drug-likeness (QED) is 0.533. The third kappa shape index (κ3) is 3.45. The Morgan fingerprint density at radius 1 is 0.682 bits per heavy atom. The van der Waals surface area contributed by atoms with Gasteiger partial charge in [0.05, 0.1) is 24.8 Å². The maximum atomic E-state index is 5.35. The third-order valence-corrected chi connectivity index (χ3v) is 3.38. The molecule has 1 aromatic heterocycles. The number of imidazole rings is 1. The molecule has 3 rings (SSSR count). The summed E-state index contributed by atoms with van der Waals surface area (Å²) in [7, 11) is 0. The van der Waals surface area contributed by atoms with Crippen LogP contribution in [0.4, 0.5) is 0 Å².